The van der Waals surface area contributed by atoms with Crippen molar-refractivity contribution in [3.8, 4) is 22.6 Å². The first kappa shape index (κ1) is 40.6. The van der Waals surface area contributed by atoms with E-state index < -0.39 is 91.8 Å². The summed E-state index contributed by atoms with van der Waals surface area (Å²) in [6.45, 7) is 0. The third-order valence-electron chi connectivity index (χ3n) is 7.91. The van der Waals surface area contributed by atoms with Crippen LogP contribution in [0.25, 0.3) is 32.7 Å². The smallest absolute Gasteiger partial charge is 0.339 e. The standard InChI is InChI=1S/C32H22O18S6/c33-51(34,35)27-13-21-1-7-23(15-29(21)31(17-27)53(39,40)41)49-55(45,46)25-9-3-19(4-10-25)20-5-11-26(12-6-20)56(47,48)50-24-8-2-22-14-28(52(36,37)38)18-32(30(22)16-24)54(42,43)44/h1-18H,(H,33,34,35)(H,36,37,38)(H,39,40,41)(H,42,43,44). The molecule has 0 spiro atoms. The highest BCUT2D eigenvalue weighted by Gasteiger charge is 2.25. The van der Waals surface area contributed by atoms with E-state index in [2.05, 4.69) is 0 Å². The van der Waals surface area contributed by atoms with Crippen molar-refractivity contribution in [1.82, 2.24) is 0 Å². The van der Waals surface area contributed by atoms with E-state index in [1.165, 1.54) is 24.3 Å². The Balaban J connectivity index is 1.22. The van der Waals surface area contributed by atoms with Gasteiger partial charge in [0.1, 0.15) is 31.1 Å². The Bertz CT molecular complexity index is 3070. The number of hydrogen-bond donors (Lipinski definition) is 4. The van der Waals surface area contributed by atoms with Crippen molar-refractivity contribution in [2.45, 2.75) is 29.4 Å². The fraction of sp³-hybridized carbons (Fsp3) is 0. The third-order valence-corrected chi connectivity index (χ3v) is 13.9. The first-order chi connectivity index (χ1) is 25.7. The van der Waals surface area contributed by atoms with Gasteiger partial charge >= 0.3 is 20.2 Å². The minimum Gasteiger partial charge on any atom is -0.379 e. The Kier molecular flexibility index (Phi) is 10.1. The molecule has 0 aromatic heterocycles. The highest BCUT2D eigenvalue weighted by Crippen LogP contribution is 2.34. The maximum atomic E-state index is 13.1. The molecule has 0 fully saturated rings. The van der Waals surface area contributed by atoms with Crippen LogP contribution in [0, 0.1) is 0 Å². The van der Waals surface area contributed by atoms with Gasteiger partial charge in [-0.15, -0.1) is 0 Å². The molecule has 56 heavy (non-hydrogen) atoms. The molecule has 6 aromatic rings. The zero-order chi connectivity index (χ0) is 41.2. The minimum atomic E-state index is -5.07. The van der Waals surface area contributed by atoms with Crippen LogP contribution in [0.15, 0.2) is 139 Å². The lowest BCUT2D eigenvalue weighted by atomic mass is 10.1. The molecule has 0 atom stereocenters. The Morgan fingerprint density at radius 2 is 0.661 bits per heavy atom. The van der Waals surface area contributed by atoms with Crippen molar-refractivity contribution in [2.75, 3.05) is 0 Å². The second-order valence-electron chi connectivity index (χ2n) is 11.6. The zero-order valence-electron chi connectivity index (χ0n) is 27.3. The monoisotopic (exact) mass is 886 g/mol. The van der Waals surface area contributed by atoms with Gasteiger partial charge in [-0.3, -0.25) is 18.2 Å². The van der Waals surface area contributed by atoms with Gasteiger partial charge in [-0.2, -0.15) is 50.5 Å². The molecule has 24 heteroatoms. The van der Waals surface area contributed by atoms with Gasteiger partial charge in [0.2, 0.25) is 0 Å². The lowest BCUT2D eigenvalue weighted by Crippen LogP contribution is -2.10. The van der Waals surface area contributed by atoms with E-state index in [-0.39, 0.29) is 31.3 Å². The highest BCUT2D eigenvalue weighted by atomic mass is 32.2. The molecule has 294 valence electrons. The van der Waals surface area contributed by atoms with Gasteiger partial charge in [-0.05, 0) is 94.7 Å². The fourth-order valence-electron chi connectivity index (χ4n) is 5.36. The van der Waals surface area contributed by atoms with Crippen LogP contribution in [-0.4, -0.2) is 68.7 Å². The summed E-state index contributed by atoms with van der Waals surface area (Å²) in [6, 6.07) is 19.0. The highest BCUT2D eigenvalue weighted by molar-refractivity contribution is 7.88. The molecule has 0 heterocycles. The molecule has 0 unspecified atom stereocenters. The van der Waals surface area contributed by atoms with E-state index in [0.717, 1.165) is 72.8 Å². The Morgan fingerprint density at radius 1 is 0.339 bits per heavy atom. The fourth-order valence-corrected chi connectivity index (χ4v) is 9.90. The second kappa shape index (κ2) is 13.9. The van der Waals surface area contributed by atoms with Gasteiger partial charge < -0.3 is 8.37 Å². The van der Waals surface area contributed by atoms with Gasteiger partial charge in [0, 0.05) is 10.8 Å². The van der Waals surface area contributed by atoms with Crippen LogP contribution < -0.4 is 8.37 Å². The predicted octanol–water partition coefficient (Wildman–Crippen LogP) is 4.18. The van der Waals surface area contributed by atoms with Crippen LogP contribution in [-0.2, 0) is 60.7 Å². The molecular weight excluding hydrogens is 865 g/mol. The van der Waals surface area contributed by atoms with Crippen molar-refractivity contribution in [3.05, 3.63) is 109 Å². The minimum absolute atomic E-state index is 0.102. The largest absolute Gasteiger partial charge is 0.379 e. The molecule has 6 aromatic carbocycles. The zero-order valence-corrected chi connectivity index (χ0v) is 32.2. The average Bonchev–Trinajstić information content (AvgIpc) is 3.09. The average molecular weight is 887 g/mol. The first-order valence-corrected chi connectivity index (χ1v) is 23.5. The van der Waals surface area contributed by atoms with Crippen LogP contribution in [0.5, 0.6) is 11.5 Å². The third kappa shape index (κ3) is 8.53. The first-order valence-electron chi connectivity index (χ1n) is 14.9. The molecule has 0 aliphatic rings. The summed E-state index contributed by atoms with van der Waals surface area (Å²) in [7, 11) is -29.1. The van der Waals surface area contributed by atoms with E-state index in [0.29, 0.717) is 23.3 Å². The van der Waals surface area contributed by atoms with Gasteiger partial charge in [-0.1, -0.05) is 36.4 Å². The lowest BCUT2D eigenvalue weighted by Gasteiger charge is -2.12. The maximum absolute atomic E-state index is 13.1. The summed E-state index contributed by atoms with van der Waals surface area (Å²) < 4.78 is 195. The molecule has 0 aliphatic carbocycles. The SMILES string of the molecule is O=S(=O)(O)c1cc(S(=O)(=O)O)c2cc(OS(=O)(=O)c3ccc(-c4ccc(S(=O)(=O)Oc5ccc6cc(S(=O)(=O)O)cc(S(=O)(=O)O)c6c5)cc4)cc3)ccc2c1. The molecule has 6 rings (SSSR count). The van der Waals surface area contributed by atoms with Crippen molar-refractivity contribution in [3.63, 3.8) is 0 Å². The number of rotatable bonds is 11. The van der Waals surface area contributed by atoms with Crippen LogP contribution in [0.3, 0.4) is 0 Å². The van der Waals surface area contributed by atoms with Gasteiger partial charge in [0.05, 0.1) is 9.79 Å². The number of benzene rings is 6. The van der Waals surface area contributed by atoms with Crippen molar-refractivity contribution >= 4 is 82.3 Å². The summed E-state index contributed by atoms with van der Waals surface area (Å²) >= 11 is 0. The van der Waals surface area contributed by atoms with Crippen LogP contribution in [0.1, 0.15) is 0 Å². The molecule has 0 bridgehead atoms. The molecular formula is C32H22O18S6. The normalized spacial score (nSPS) is 13.1. The molecule has 0 saturated heterocycles. The molecule has 0 aliphatic heterocycles. The Hall–Kier alpha value is -5.02. The van der Waals surface area contributed by atoms with E-state index in [9.17, 15) is 68.7 Å². The molecule has 0 radical (unpaired) electrons. The topological polar surface area (TPSA) is 304 Å². The molecule has 0 amide bonds. The summed E-state index contributed by atoms with van der Waals surface area (Å²) in [6.07, 6.45) is 0. The van der Waals surface area contributed by atoms with Gasteiger partial charge in [0.25, 0.3) is 40.5 Å². The van der Waals surface area contributed by atoms with E-state index in [4.69, 9.17) is 8.37 Å². The number of fused-ring (bicyclic) bond motifs is 2. The summed E-state index contributed by atoms with van der Waals surface area (Å²) in [5.41, 5.74) is 0.812. The van der Waals surface area contributed by atoms with Crippen LogP contribution in [0.4, 0.5) is 0 Å². The summed E-state index contributed by atoms with van der Waals surface area (Å²) in [5.74, 6) is -0.835. The maximum Gasteiger partial charge on any atom is 0.339 e. The van der Waals surface area contributed by atoms with Crippen LogP contribution >= 0.6 is 0 Å². The van der Waals surface area contributed by atoms with Gasteiger partial charge in [0.15, 0.2) is 0 Å². The van der Waals surface area contributed by atoms with E-state index >= 15 is 0 Å². The second-order valence-corrected chi connectivity index (χ2v) is 20.3. The lowest BCUT2D eigenvalue weighted by molar-refractivity contribution is 0.477. The van der Waals surface area contributed by atoms with E-state index in [1.54, 1.807) is 0 Å². The predicted molar refractivity (Wildman–Crippen MR) is 195 cm³/mol. The van der Waals surface area contributed by atoms with Crippen molar-refractivity contribution in [1.29, 1.82) is 0 Å². The van der Waals surface area contributed by atoms with Gasteiger partial charge in [-0.25, -0.2) is 0 Å². The number of hydrogen-bond acceptors (Lipinski definition) is 14. The molecule has 0 saturated carbocycles. The Morgan fingerprint density at radius 3 is 0.946 bits per heavy atom. The van der Waals surface area contributed by atoms with Crippen molar-refractivity contribution in [2.24, 2.45) is 0 Å². The summed E-state index contributed by atoms with van der Waals surface area (Å²) in [5, 5.41) is -0.845. The Labute approximate surface area is 318 Å². The quantitative estimate of drug-likeness (QED) is 0.105. The van der Waals surface area contributed by atoms with Crippen LogP contribution in [0.2, 0.25) is 0 Å². The summed E-state index contributed by atoms with van der Waals surface area (Å²) in [4.78, 5) is -4.30. The van der Waals surface area contributed by atoms with E-state index in [1.807, 2.05) is 0 Å². The van der Waals surface area contributed by atoms with Crippen molar-refractivity contribution < 1.29 is 77.1 Å². The molecule has 4 N–H and O–H groups in total. The molecule has 18 nitrogen and oxygen atoms in total.